The molecule has 3 rings (SSSR count). The highest BCUT2D eigenvalue weighted by Crippen LogP contribution is 2.27. The van der Waals surface area contributed by atoms with E-state index in [0.717, 1.165) is 19.1 Å². The summed E-state index contributed by atoms with van der Waals surface area (Å²) in [6.45, 7) is 9.13. The number of nitrogens with one attached hydrogen (secondary N) is 1. The van der Waals surface area contributed by atoms with Crippen molar-refractivity contribution in [3.05, 3.63) is 29.8 Å². The minimum Gasteiger partial charge on any atom is -0.368 e. The first-order valence-corrected chi connectivity index (χ1v) is 7.66. The van der Waals surface area contributed by atoms with Gasteiger partial charge in [0.2, 0.25) is 0 Å². The van der Waals surface area contributed by atoms with Gasteiger partial charge in [0.05, 0.1) is 0 Å². The van der Waals surface area contributed by atoms with E-state index in [1.807, 2.05) is 0 Å². The minimum atomic E-state index is 0.793. The van der Waals surface area contributed by atoms with Gasteiger partial charge in [-0.1, -0.05) is 25.1 Å². The Morgan fingerprint density at radius 1 is 1.21 bits per heavy atom. The average molecular weight is 259 g/mol. The van der Waals surface area contributed by atoms with Gasteiger partial charge < -0.3 is 10.2 Å². The molecule has 1 aromatic rings. The van der Waals surface area contributed by atoms with E-state index in [0.29, 0.717) is 0 Å². The van der Waals surface area contributed by atoms with Crippen LogP contribution in [0.2, 0.25) is 0 Å². The van der Waals surface area contributed by atoms with Gasteiger partial charge in [0.15, 0.2) is 0 Å². The highest BCUT2D eigenvalue weighted by Gasteiger charge is 2.30. The Bertz CT molecular complexity index is 418. The molecule has 1 unspecified atom stereocenters. The monoisotopic (exact) mass is 259 g/mol. The van der Waals surface area contributed by atoms with Gasteiger partial charge in [-0.2, -0.15) is 0 Å². The molecule has 0 saturated carbocycles. The predicted octanol–water partition coefficient (Wildman–Crippen LogP) is 2.08. The van der Waals surface area contributed by atoms with Crippen molar-refractivity contribution in [2.45, 2.75) is 32.4 Å². The fraction of sp³-hybridized carbons (Fsp3) is 0.625. The molecule has 19 heavy (non-hydrogen) atoms. The molecule has 2 heterocycles. The molecular weight excluding hydrogens is 234 g/mol. The van der Waals surface area contributed by atoms with E-state index in [1.54, 1.807) is 0 Å². The third kappa shape index (κ3) is 2.77. The van der Waals surface area contributed by atoms with Crippen LogP contribution in [0.1, 0.15) is 25.3 Å². The molecule has 1 N–H and O–H groups in total. The first-order valence-electron chi connectivity index (χ1n) is 7.66. The minimum absolute atomic E-state index is 0.793. The summed E-state index contributed by atoms with van der Waals surface area (Å²) in [5.41, 5.74) is 2.88. The van der Waals surface area contributed by atoms with Gasteiger partial charge in [-0.15, -0.1) is 0 Å². The highest BCUT2D eigenvalue weighted by molar-refractivity contribution is 5.54. The van der Waals surface area contributed by atoms with Crippen molar-refractivity contribution in [3.8, 4) is 0 Å². The van der Waals surface area contributed by atoms with E-state index in [2.05, 4.69) is 46.3 Å². The molecule has 3 nitrogen and oxygen atoms in total. The molecule has 0 amide bonds. The lowest BCUT2D eigenvalue weighted by atomic mass is 10.1. The summed E-state index contributed by atoms with van der Waals surface area (Å²) in [6.07, 6.45) is 2.77. The number of benzene rings is 1. The third-order valence-corrected chi connectivity index (χ3v) is 4.49. The number of hydrogen-bond donors (Lipinski definition) is 1. The van der Waals surface area contributed by atoms with Crippen LogP contribution in [-0.4, -0.2) is 43.7 Å². The molecule has 2 saturated heterocycles. The fourth-order valence-corrected chi connectivity index (χ4v) is 3.44. The fourth-order valence-electron chi connectivity index (χ4n) is 3.44. The molecule has 0 spiro atoms. The Kier molecular flexibility index (Phi) is 4.04. The number of hydrogen-bond acceptors (Lipinski definition) is 3. The molecule has 0 aromatic heterocycles. The second-order valence-corrected chi connectivity index (χ2v) is 5.69. The van der Waals surface area contributed by atoms with E-state index in [4.69, 9.17) is 0 Å². The summed E-state index contributed by atoms with van der Waals surface area (Å²) in [7, 11) is 0. The summed E-state index contributed by atoms with van der Waals surface area (Å²) in [4.78, 5) is 5.27. The maximum absolute atomic E-state index is 3.45. The van der Waals surface area contributed by atoms with Crippen molar-refractivity contribution in [2.75, 3.05) is 37.6 Å². The SMILES string of the molecule is CCNCc1ccccc1N1CCN2CCCC2C1. The number of nitrogens with zero attached hydrogens (tertiary/aromatic N) is 2. The van der Waals surface area contributed by atoms with Crippen LogP contribution in [0.25, 0.3) is 0 Å². The molecule has 2 aliphatic rings. The van der Waals surface area contributed by atoms with Crippen molar-refractivity contribution in [3.63, 3.8) is 0 Å². The lowest BCUT2D eigenvalue weighted by Gasteiger charge is -2.39. The van der Waals surface area contributed by atoms with E-state index >= 15 is 0 Å². The van der Waals surface area contributed by atoms with Gasteiger partial charge in [-0.25, -0.2) is 0 Å². The Balaban J connectivity index is 1.74. The lowest BCUT2D eigenvalue weighted by molar-refractivity contribution is 0.231. The standard InChI is InChI=1S/C16H25N3/c1-2-17-12-14-6-3-4-8-16(14)19-11-10-18-9-5-7-15(18)13-19/h3-4,6,8,15,17H,2,5,7,9-13H2,1H3. The smallest absolute Gasteiger partial charge is 0.0412 e. The van der Waals surface area contributed by atoms with Crippen molar-refractivity contribution in [1.29, 1.82) is 0 Å². The molecule has 1 aromatic carbocycles. The lowest BCUT2D eigenvalue weighted by Crippen LogP contribution is -2.50. The molecule has 3 heteroatoms. The first kappa shape index (κ1) is 12.9. The van der Waals surface area contributed by atoms with E-state index in [9.17, 15) is 0 Å². The number of fused-ring (bicyclic) bond motifs is 1. The van der Waals surface area contributed by atoms with Crippen LogP contribution >= 0.6 is 0 Å². The van der Waals surface area contributed by atoms with Gasteiger partial charge in [-0.05, 0) is 37.6 Å². The number of piperazine rings is 1. The summed E-state index contributed by atoms with van der Waals surface area (Å²) >= 11 is 0. The summed E-state index contributed by atoms with van der Waals surface area (Å²) in [5, 5.41) is 3.45. The van der Waals surface area contributed by atoms with Crippen molar-refractivity contribution >= 4 is 5.69 Å². The van der Waals surface area contributed by atoms with Gasteiger partial charge in [-0.3, -0.25) is 4.90 Å². The van der Waals surface area contributed by atoms with Gasteiger partial charge in [0.1, 0.15) is 0 Å². The van der Waals surface area contributed by atoms with Crippen LogP contribution in [0.15, 0.2) is 24.3 Å². The van der Waals surface area contributed by atoms with Crippen LogP contribution < -0.4 is 10.2 Å². The van der Waals surface area contributed by atoms with Gasteiger partial charge in [0, 0.05) is 37.9 Å². The molecule has 0 aliphatic carbocycles. The average Bonchev–Trinajstić information content (AvgIpc) is 2.92. The number of para-hydroxylation sites is 1. The van der Waals surface area contributed by atoms with Gasteiger partial charge in [0.25, 0.3) is 0 Å². The van der Waals surface area contributed by atoms with Crippen LogP contribution in [0, 0.1) is 0 Å². The Morgan fingerprint density at radius 3 is 3.00 bits per heavy atom. The molecule has 2 aliphatic heterocycles. The first-order chi connectivity index (χ1) is 9.38. The van der Waals surface area contributed by atoms with Crippen molar-refractivity contribution < 1.29 is 0 Å². The molecular formula is C16H25N3. The molecule has 1 atom stereocenters. The quantitative estimate of drug-likeness (QED) is 0.893. The normalized spacial score (nSPS) is 23.6. The second kappa shape index (κ2) is 5.93. The zero-order valence-corrected chi connectivity index (χ0v) is 11.9. The Morgan fingerprint density at radius 2 is 2.11 bits per heavy atom. The Hall–Kier alpha value is -1.06. The van der Waals surface area contributed by atoms with Crippen molar-refractivity contribution in [1.82, 2.24) is 10.2 Å². The maximum atomic E-state index is 3.45. The molecule has 0 bridgehead atoms. The molecule has 0 radical (unpaired) electrons. The topological polar surface area (TPSA) is 18.5 Å². The van der Waals surface area contributed by atoms with Crippen LogP contribution in [-0.2, 0) is 6.54 Å². The largest absolute Gasteiger partial charge is 0.368 e. The zero-order chi connectivity index (χ0) is 13.1. The Labute approximate surface area is 116 Å². The van der Waals surface area contributed by atoms with Crippen LogP contribution in [0.5, 0.6) is 0 Å². The highest BCUT2D eigenvalue weighted by atomic mass is 15.3. The van der Waals surface area contributed by atoms with Crippen LogP contribution in [0.4, 0.5) is 5.69 Å². The van der Waals surface area contributed by atoms with Crippen LogP contribution in [0.3, 0.4) is 0 Å². The number of rotatable bonds is 4. The summed E-state index contributed by atoms with van der Waals surface area (Å²) < 4.78 is 0. The van der Waals surface area contributed by atoms with E-state index < -0.39 is 0 Å². The number of anilines is 1. The zero-order valence-electron chi connectivity index (χ0n) is 11.9. The molecule has 2 fully saturated rings. The van der Waals surface area contributed by atoms with E-state index in [1.165, 1.54) is 50.3 Å². The predicted molar refractivity (Wildman–Crippen MR) is 80.6 cm³/mol. The summed E-state index contributed by atoms with van der Waals surface area (Å²) in [5.74, 6) is 0. The maximum Gasteiger partial charge on any atom is 0.0412 e. The molecule has 104 valence electrons. The second-order valence-electron chi connectivity index (χ2n) is 5.69. The van der Waals surface area contributed by atoms with Crippen molar-refractivity contribution in [2.24, 2.45) is 0 Å². The van der Waals surface area contributed by atoms with Gasteiger partial charge >= 0.3 is 0 Å². The van der Waals surface area contributed by atoms with E-state index in [-0.39, 0.29) is 0 Å². The summed E-state index contributed by atoms with van der Waals surface area (Å²) in [6, 6.07) is 9.67. The third-order valence-electron chi connectivity index (χ3n) is 4.49.